The average Bonchev–Trinajstić information content (AvgIpc) is 2.13. The molecular weight excluding hydrogens is 290 g/mol. The van der Waals surface area contributed by atoms with Crippen LogP contribution in [0.2, 0.25) is 0 Å². The molecule has 0 fully saturated rings. The van der Waals surface area contributed by atoms with Gasteiger partial charge in [-0.15, -0.1) is 0 Å². The molecule has 1 aliphatic rings. The van der Waals surface area contributed by atoms with Crippen LogP contribution in [0, 0.1) is 5.92 Å². The Balaban J connectivity index is 2.74. The van der Waals surface area contributed by atoms with E-state index in [-0.39, 0.29) is 6.54 Å². The molecule has 0 aromatic carbocycles. The summed E-state index contributed by atoms with van der Waals surface area (Å²) in [6.07, 6.45) is 1.45. The molecule has 5 nitrogen and oxygen atoms in total. The van der Waals surface area contributed by atoms with Crippen LogP contribution in [0.1, 0.15) is 27.2 Å². The summed E-state index contributed by atoms with van der Waals surface area (Å²) in [6.45, 7) is 5.44. The van der Waals surface area contributed by atoms with Crippen molar-refractivity contribution in [1.82, 2.24) is 4.90 Å². The molecule has 1 rings (SSSR count). The Labute approximate surface area is 109 Å². The number of carbonyl (C=O) groups excluding carboxylic acids is 1. The second-order valence-corrected chi connectivity index (χ2v) is 5.97. The molecule has 0 spiro atoms. The maximum Gasteiger partial charge on any atom is 0.414 e. The summed E-state index contributed by atoms with van der Waals surface area (Å²) in [6, 6.07) is 0. The van der Waals surface area contributed by atoms with Crippen LogP contribution >= 0.6 is 15.9 Å². The molecule has 1 atom stereocenters. The van der Waals surface area contributed by atoms with Crippen molar-refractivity contribution < 1.29 is 19.4 Å². The van der Waals surface area contributed by atoms with Gasteiger partial charge in [0, 0.05) is 17.2 Å². The molecule has 0 saturated heterocycles. The zero-order valence-electron chi connectivity index (χ0n) is 10.1. The number of ether oxygens (including phenoxy) is 1. The van der Waals surface area contributed by atoms with E-state index < -0.39 is 23.6 Å². The zero-order chi connectivity index (χ0) is 13.2. The highest BCUT2D eigenvalue weighted by atomic mass is 79.9. The Morgan fingerprint density at radius 2 is 2.12 bits per heavy atom. The van der Waals surface area contributed by atoms with Crippen molar-refractivity contribution in [2.45, 2.75) is 32.8 Å². The maximum absolute atomic E-state index is 11.8. The van der Waals surface area contributed by atoms with E-state index >= 15 is 0 Å². The average molecular weight is 306 g/mol. The number of nitrogens with zero attached hydrogens (tertiary/aromatic N) is 1. The number of amides is 1. The van der Waals surface area contributed by atoms with Crippen molar-refractivity contribution in [2.75, 3.05) is 6.54 Å². The van der Waals surface area contributed by atoms with Gasteiger partial charge >= 0.3 is 12.1 Å². The largest absolute Gasteiger partial charge is 0.481 e. The van der Waals surface area contributed by atoms with Crippen LogP contribution in [0.15, 0.2) is 10.7 Å². The predicted molar refractivity (Wildman–Crippen MR) is 65.7 cm³/mol. The van der Waals surface area contributed by atoms with Crippen molar-refractivity contribution >= 4 is 28.0 Å². The Hall–Kier alpha value is -1.04. The summed E-state index contributed by atoms with van der Waals surface area (Å²) in [5, 5.41) is 8.96. The Kier molecular flexibility index (Phi) is 4.19. The van der Waals surface area contributed by atoms with Gasteiger partial charge in [0.05, 0.1) is 5.92 Å². The molecule has 0 aromatic rings. The number of hydrogen-bond acceptors (Lipinski definition) is 3. The number of rotatable bonds is 1. The first-order valence-electron chi connectivity index (χ1n) is 5.27. The van der Waals surface area contributed by atoms with Gasteiger partial charge in [-0.25, -0.2) is 4.79 Å². The molecule has 1 unspecified atom stereocenters. The second kappa shape index (κ2) is 5.08. The van der Waals surface area contributed by atoms with E-state index in [1.165, 1.54) is 4.90 Å². The van der Waals surface area contributed by atoms with Crippen LogP contribution < -0.4 is 0 Å². The highest BCUT2D eigenvalue weighted by Crippen LogP contribution is 2.26. The van der Waals surface area contributed by atoms with Gasteiger partial charge in [-0.3, -0.25) is 9.69 Å². The number of aliphatic carboxylic acids is 1. The molecule has 0 aliphatic carbocycles. The lowest BCUT2D eigenvalue weighted by Gasteiger charge is -2.30. The molecule has 1 aliphatic heterocycles. The van der Waals surface area contributed by atoms with Crippen LogP contribution in [0.3, 0.4) is 0 Å². The van der Waals surface area contributed by atoms with Gasteiger partial charge < -0.3 is 9.84 Å². The fourth-order valence-electron chi connectivity index (χ4n) is 1.43. The third kappa shape index (κ3) is 4.38. The molecule has 0 saturated carbocycles. The molecule has 6 heteroatoms. The van der Waals surface area contributed by atoms with E-state index in [2.05, 4.69) is 15.9 Å². The van der Waals surface area contributed by atoms with Crippen molar-refractivity contribution in [3.05, 3.63) is 10.7 Å². The molecule has 0 radical (unpaired) electrons. The van der Waals surface area contributed by atoms with Gasteiger partial charge in [0.1, 0.15) is 5.60 Å². The van der Waals surface area contributed by atoms with Crippen molar-refractivity contribution in [3.8, 4) is 0 Å². The van der Waals surface area contributed by atoms with Crippen LogP contribution in [-0.2, 0) is 9.53 Å². The molecule has 1 N–H and O–H groups in total. The van der Waals surface area contributed by atoms with Gasteiger partial charge in [0.15, 0.2) is 0 Å². The number of halogens is 1. The van der Waals surface area contributed by atoms with Gasteiger partial charge in [-0.1, -0.05) is 15.9 Å². The number of carbonyl (C=O) groups is 2. The fraction of sp³-hybridized carbons (Fsp3) is 0.636. The third-order valence-corrected chi connectivity index (χ3v) is 2.66. The summed E-state index contributed by atoms with van der Waals surface area (Å²) in [7, 11) is 0. The molecule has 17 heavy (non-hydrogen) atoms. The van der Waals surface area contributed by atoms with E-state index in [4.69, 9.17) is 9.84 Å². The normalized spacial score (nSPS) is 20.8. The van der Waals surface area contributed by atoms with E-state index in [1.807, 2.05) is 0 Å². The van der Waals surface area contributed by atoms with E-state index in [0.29, 0.717) is 10.9 Å². The summed E-state index contributed by atoms with van der Waals surface area (Å²) >= 11 is 3.23. The van der Waals surface area contributed by atoms with E-state index in [0.717, 1.165) is 0 Å². The number of allylic oxidation sites excluding steroid dienone is 1. The zero-order valence-corrected chi connectivity index (χ0v) is 11.7. The number of hydrogen-bond donors (Lipinski definition) is 1. The SMILES string of the molecule is CC(C)(C)OC(=O)N1C=C(Br)CC(C(=O)O)C1. The highest BCUT2D eigenvalue weighted by Gasteiger charge is 2.30. The van der Waals surface area contributed by atoms with Crippen LogP contribution in [0.4, 0.5) is 4.79 Å². The molecular formula is C11H16BrNO4. The number of carboxylic acid groups (broad SMARTS) is 1. The lowest BCUT2D eigenvalue weighted by molar-refractivity contribution is -0.142. The van der Waals surface area contributed by atoms with Crippen LogP contribution in [0.25, 0.3) is 0 Å². The van der Waals surface area contributed by atoms with Crippen LogP contribution in [0.5, 0.6) is 0 Å². The van der Waals surface area contributed by atoms with Gasteiger partial charge in [-0.2, -0.15) is 0 Å². The first-order chi connectivity index (χ1) is 7.69. The first kappa shape index (κ1) is 14.0. The Bertz CT molecular complexity index is 359. The Morgan fingerprint density at radius 1 is 1.53 bits per heavy atom. The quantitative estimate of drug-likeness (QED) is 0.808. The van der Waals surface area contributed by atoms with Crippen molar-refractivity contribution in [3.63, 3.8) is 0 Å². The molecule has 1 heterocycles. The standard InChI is InChI=1S/C11H16BrNO4/c1-11(2,3)17-10(16)13-5-7(9(14)15)4-8(12)6-13/h6-7H,4-5H2,1-3H3,(H,14,15). The lowest BCUT2D eigenvalue weighted by atomic mass is 10.0. The first-order valence-corrected chi connectivity index (χ1v) is 6.07. The summed E-state index contributed by atoms with van der Waals surface area (Å²) in [4.78, 5) is 24.0. The molecule has 0 aromatic heterocycles. The monoisotopic (exact) mass is 305 g/mol. The minimum absolute atomic E-state index is 0.138. The summed E-state index contributed by atoms with van der Waals surface area (Å²) in [5.74, 6) is -1.51. The molecule has 96 valence electrons. The van der Waals surface area contributed by atoms with Crippen LogP contribution in [-0.4, -0.2) is 34.2 Å². The fourth-order valence-corrected chi connectivity index (χ4v) is 2.06. The predicted octanol–water partition coefficient (Wildman–Crippen LogP) is 2.56. The van der Waals surface area contributed by atoms with E-state index in [1.54, 1.807) is 27.0 Å². The van der Waals surface area contributed by atoms with Gasteiger partial charge in [0.25, 0.3) is 0 Å². The van der Waals surface area contributed by atoms with Crippen molar-refractivity contribution in [1.29, 1.82) is 0 Å². The lowest BCUT2D eigenvalue weighted by Crippen LogP contribution is -2.40. The van der Waals surface area contributed by atoms with Gasteiger partial charge in [0.2, 0.25) is 0 Å². The number of carboxylic acids is 1. The van der Waals surface area contributed by atoms with E-state index in [9.17, 15) is 9.59 Å². The highest BCUT2D eigenvalue weighted by molar-refractivity contribution is 9.11. The minimum atomic E-state index is -0.913. The van der Waals surface area contributed by atoms with Crippen molar-refractivity contribution in [2.24, 2.45) is 5.92 Å². The minimum Gasteiger partial charge on any atom is -0.481 e. The Morgan fingerprint density at radius 3 is 2.59 bits per heavy atom. The third-order valence-electron chi connectivity index (χ3n) is 2.13. The second-order valence-electron chi connectivity index (χ2n) is 4.95. The summed E-state index contributed by atoms with van der Waals surface area (Å²) < 4.78 is 5.86. The topological polar surface area (TPSA) is 66.8 Å². The molecule has 0 bridgehead atoms. The molecule has 1 amide bonds. The van der Waals surface area contributed by atoms with Gasteiger partial charge in [-0.05, 0) is 27.2 Å². The maximum atomic E-state index is 11.8. The summed E-state index contributed by atoms with van der Waals surface area (Å²) in [5.41, 5.74) is -0.590. The smallest absolute Gasteiger partial charge is 0.414 e.